The molecule has 1 amide bonds. The van der Waals surface area contributed by atoms with Crippen molar-refractivity contribution < 1.29 is 22.3 Å². The third kappa shape index (κ3) is 5.68. The van der Waals surface area contributed by atoms with Gasteiger partial charge in [0.15, 0.2) is 6.61 Å². The summed E-state index contributed by atoms with van der Waals surface area (Å²) in [5.74, 6) is -0.500. The van der Waals surface area contributed by atoms with Gasteiger partial charge in [-0.25, -0.2) is 12.8 Å². The number of hydrogen-bond donors (Lipinski definition) is 1. The van der Waals surface area contributed by atoms with Gasteiger partial charge >= 0.3 is 0 Å². The van der Waals surface area contributed by atoms with Crippen LogP contribution in [0.2, 0.25) is 5.02 Å². The fourth-order valence-electron chi connectivity index (χ4n) is 3.01. The van der Waals surface area contributed by atoms with E-state index in [1.807, 2.05) is 0 Å². The lowest BCUT2D eigenvalue weighted by molar-refractivity contribution is -0.123. The van der Waals surface area contributed by atoms with Gasteiger partial charge in [0.05, 0.1) is 9.92 Å². The van der Waals surface area contributed by atoms with Gasteiger partial charge in [0.25, 0.3) is 5.91 Å². The molecule has 1 aliphatic rings. The van der Waals surface area contributed by atoms with Crippen molar-refractivity contribution in [1.82, 2.24) is 9.62 Å². The average Bonchev–Trinajstić information content (AvgIpc) is 2.73. The number of ether oxygens (including phenoxy) is 1. The molecular weight excluding hydrogens is 419 g/mol. The molecule has 1 N–H and O–H groups in total. The van der Waals surface area contributed by atoms with Crippen molar-refractivity contribution in [2.75, 3.05) is 19.7 Å². The predicted octanol–water partition coefficient (Wildman–Crippen LogP) is 3.35. The standard InChI is InChI=1S/C20H22ClFN2O4S/c21-18-12-17(29(26,27)24-10-2-1-3-11-24)8-9-19(18)28-14-20(25)23-13-15-4-6-16(22)7-5-15/h4-9,12H,1-3,10-11,13-14H2,(H,23,25). The van der Waals surface area contributed by atoms with Crippen LogP contribution in [0.1, 0.15) is 24.8 Å². The van der Waals surface area contributed by atoms with Gasteiger partial charge in [0, 0.05) is 19.6 Å². The number of hydrogen-bond acceptors (Lipinski definition) is 4. The Bertz CT molecular complexity index is 961. The Labute approximate surface area is 174 Å². The van der Waals surface area contributed by atoms with Crippen LogP contribution < -0.4 is 10.1 Å². The minimum Gasteiger partial charge on any atom is -0.482 e. The number of halogens is 2. The van der Waals surface area contributed by atoms with Crippen molar-refractivity contribution in [2.24, 2.45) is 0 Å². The molecule has 2 aromatic carbocycles. The van der Waals surface area contributed by atoms with Gasteiger partial charge in [-0.2, -0.15) is 4.31 Å². The van der Waals surface area contributed by atoms with Gasteiger partial charge in [0.1, 0.15) is 11.6 Å². The maximum Gasteiger partial charge on any atom is 0.258 e. The zero-order chi connectivity index (χ0) is 20.9. The maximum atomic E-state index is 12.9. The molecule has 1 heterocycles. The fourth-order valence-corrected chi connectivity index (χ4v) is 4.85. The van der Waals surface area contributed by atoms with Crippen LogP contribution in [-0.4, -0.2) is 38.3 Å². The van der Waals surface area contributed by atoms with Crippen LogP contribution in [0.15, 0.2) is 47.4 Å². The third-order valence-corrected chi connectivity index (χ3v) is 6.81. The number of nitrogens with zero attached hydrogens (tertiary/aromatic N) is 1. The van der Waals surface area contributed by atoms with Crippen LogP contribution in [0, 0.1) is 5.82 Å². The Balaban J connectivity index is 1.56. The highest BCUT2D eigenvalue weighted by atomic mass is 35.5. The number of nitrogens with one attached hydrogen (secondary N) is 1. The van der Waals surface area contributed by atoms with E-state index in [-0.39, 0.29) is 40.5 Å². The Kier molecular flexibility index (Phi) is 7.10. The molecule has 1 fully saturated rings. The Morgan fingerprint density at radius 1 is 1.10 bits per heavy atom. The van der Waals surface area contributed by atoms with Crippen molar-refractivity contribution >= 4 is 27.5 Å². The summed E-state index contributed by atoms with van der Waals surface area (Å²) in [6, 6.07) is 10.0. The summed E-state index contributed by atoms with van der Waals surface area (Å²) < 4.78 is 45.1. The van der Waals surface area contributed by atoms with E-state index >= 15 is 0 Å². The Morgan fingerprint density at radius 3 is 2.45 bits per heavy atom. The van der Waals surface area contributed by atoms with E-state index < -0.39 is 10.0 Å². The Morgan fingerprint density at radius 2 is 1.79 bits per heavy atom. The number of carbonyl (C=O) groups is 1. The van der Waals surface area contributed by atoms with E-state index in [0.717, 1.165) is 24.8 Å². The van der Waals surface area contributed by atoms with E-state index in [0.29, 0.717) is 13.1 Å². The highest BCUT2D eigenvalue weighted by molar-refractivity contribution is 7.89. The second-order valence-corrected chi connectivity index (χ2v) is 9.09. The van der Waals surface area contributed by atoms with Crippen LogP contribution in [0.4, 0.5) is 4.39 Å². The number of piperidine rings is 1. The lowest BCUT2D eigenvalue weighted by Crippen LogP contribution is -2.35. The topological polar surface area (TPSA) is 75.7 Å². The molecule has 3 rings (SSSR count). The molecular formula is C20H22ClFN2O4S. The van der Waals surface area contributed by atoms with E-state index in [1.54, 1.807) is 12.1 Å². The SMILES string of the molecule is O=C(COc1ccc(S(=O)(=O)N2CCCCC2)cc1Cl)NCc1ccc(F)cc1. The number of amides is 1. The first kappa shape index (κ1) is 21.5. The van der Waals surface area contributed by atoms with Gasteiger partial charge in [-0.3, -0.25) is 4.79 Å². The van der Waals surface area contributed by atoms with Crippen LogP contribution in [0.5, 0.6) is 5.75 Å². The smallest absolute Gasteiger partial charge is 0.258 e. The summed E-state index contributed by atoms with van der Waals surface area (Å²) in [7, 11) is -3.59. The van der Waals surface area contributed by atoms with E-state index in [2.05, 4.69) is 5.32 Å². The van der Waals surface area contributed by atoms with Gasteiger partial charge in [0.2, 0.25) is 10.0 Å². The molecule has 0 aromatic heterocycles. The number of rotatable bonds is 7. The van der Waals surface area contributed by atoms with E-state index in [4.69, 9.17) is 16.3 Å². The van der Waals surface area contributed by atoms with Crippen molar-refractivity contribution in [1.29, 1.82) is 0 Å². The maximum absolute atomic E-state index is 12.9. The van der Waals surface area contributed by atoms with Gasteiger partial charge in [-0.15, -0.1) is 0 Å². The molecule has 9 heteroatoms. The third-order valence-electron chi connectivity index (χ3n) is 4.62. The molecule has 0 unspecified atom stereocenters. The molecule has 0 spiro atoms. The summed E-state index contributed by atoms with van der Waals surface area (Å²) >= 11 is 6.17. The number of benzene rings is 2. The first-order chi connectivity index (χ1) is 13.9. The molecule has 1 aliphatic heterocycles. The molecule has 1 saturated heterocycles. The highest BCUT2D eigenvalue weighted by Crippen LogP contribution is 2.29. The largest absolute Gasteiger partial charge is 0.482 e. The lowest BCUT2D eigenvalue weighted by Gasteiger charge is -2.26. The van der Waals surface area contributed by atoms with Crippen LogP contribution in [0.25, 0.3) is 0 Å². The van der Waals surface area contributed by atoms with E-state index in [9.17, 15) is 17.6 Å². The average molecular weight is 441 g/mol. The predicted molar refractivity (Wildman–Crippen MR) is 108 cm³/mol. The zero-order valence-corrected chi connectivity index (χ0v) is 17.3. The summed E-state index contributed by atoms with van der Waals surface area (Å²) in [4.78, 5) is 12.1. The molecule has 0 saturated carbocycles. The molecule has 0 bridgehead atoms. The summed E-state index contributed by atoms with van der Waals surface area (Å²) in [5, 5.41) is 2.77. The molecule has 2 aromatic rings. The van der Waals surface area contributed by atoms with Crippen molar-refractivity contribution in [2.45, 2.75) is 30.7 Å². The monoisotopic (exact) mass is 440 g/mol. The van der Waals surface area contributed by atoms with Crippen LogP contribution >= 0.6 is 11.6 Å². The van der Waals surface area contributed by atoms with E-state index in [1.165, 1.54) is 34.6 Å². The van der Waals surface area contributed by atoms with Gasteiger partial charge in [-0.1, -0.05) is 30.2 Å². The van der Waals surface area contributed by atoms with Crippen molar-refractivity contribution in [3.63, 3.8) is 0 Å². The number of sulfonamides is 1. The fraction of sp³-hybridized carbons (Fsp3) is 0.350. The second kappa shape index (κ2) is 9.56. The lowest BCUT2D eigenvalue weighted by atomic mass is 10.2. The summed E-state index contributed by atoms with van der Waals surface area (Å²) in [6.45, 7) is 0.973. The molecule has 29 heavy (non-hydrogen) atoms. The van der Waals surface area contributed by atoms with Crippen molar-refractivity contribution in [3.8, 4) is 5.75 Å². The second-order valence-electron chi connectivity index (χ2n) is 6.75. The van der Waals surface area contributed by atoms with Crippen molar-refractivity contribution in [3.05, 3.63) is 58.9 Å². The molecule has 6 nitrogen and oxygen atoms in total. The first-order valence-electron chi connectivity index (χ1n) is 9.30. The Hall–Kier alpha value is -2.16. The molecule has 156 valence electrons. The first-order valence-corrected chi connectivity index (χ1v) is 11.1. The molecule has 0 aliphatic carbocycles. The van der Waals surface area contributed by atoms with Gasteiger partial charge in [-0.05, 0) is 48.7 Å². The minimum atomic E-state index is -3.59. The number of carbonyl (C=O) groups excluding carboxylic acids is 1. The quantitative estimate of drug-likeness (QED) is 0.716. The minimum absolute atomic E-state index is 0.109. The molecule has 0 radical (unpaired) electrons. The zero-order valence-electron chi connectivity index (χ0n) is 15.7. The van der Waals surface area contributed by atoms with Crippen LogP contribution in [0.3, 0.4) is 0 Å². The summed E-state index contributed by atoms with van der Waals surface area (Å²) in [6.07, 6.45) is 2.73. The van der Waals surface area contributed by atoms with Crippen LogP contribution in [-0.2, 0) is 21.4 Å². The summed E-state index contributed by atoms with van der Waals surface area (Å²) in [5.41, 5.74) is 0.755. The normalized spacial score (nSPS) is 15.1. The van der Waals surface area contributed by atoms with Gasteiger partial charge < -0.3 is 10.1 Å². The highest BCUT2D eigenvalue weighted by Gasteiger charge is 2.26. The molecule has 0 atom stereocenters.